The molecule has 3 aromatic rings. The van der Waals surface area contributed by atoms with Crippen molar-refractivity contribution in [3.05, 3.63) is 93.4 Å². The number of nitrogens with zero attached hydrogens (tertiary/aromatic N) is 3. The molecule has 3 aliphatic rings. The van der Waals surface area contributed by atoms with Crippen LogP contribution in [0.2, 0.25) is 0 Å². The van der Waals surface area contributed by atoms with E-state index in [1.165, 1.54) is 34.1 Å². The van der Waals surface area contributed by atoms with Crippen LogP contribution in [0.25, 0.3) is 0 Å². The molecule has 6 rings (SSSR count). The SMILES string of the molecule is O=C1c2c(O)c(=O)ccn2N([C@H]2c3ccccc3CSc3ccccc32)CN1C1CCCCC1. The number of amides is 1. The lowest BCUT2D eigenvalue weighted by Gasteiger charge is -2.47. The maximum absolute atomic E-state index is 13.7. The van der Waals surface area contributed by atoms with E-state index in [2.05, 4.69) is 53.5 Å². The maximum atomic E-state index is 13.7. The molecule has 0 bridgehead atoms. The topological polar surface area (TPSA) is 65.8 Å². The number of benzene rings is 2. The number of pyridine rings is 1. The second-order valence-electron chi connectivity index (χ2n) is 9.30. The van der Waals surface area contributed by atoms with Gasteiger partial charge in [-0.3, -0.25) is 19.3 Å². The van der Waals surface area contributed by atoms with E-state index >= 15 is 0 Å². The van der Waals surface area contributed by atoms with Gasteiger partial charge in [-0.2, -0.15) is 0 Å². The Balaban J connectivity index is 1.57. The van der Waals surface area contributed by atoms with Gasteiger partial charge in [0.25, 0.3) is 5.91 Å². The fourth-order valence-corrected chi connectivity index (χ4v) is 6.74. The molecule has 1 aromatic heterocycles. The lowest BCUT2D eigenvalue weighted by atomic mass is 9.92. The molecule has 34 heavy (non-hydrogen) atoms. The van der Waals surface area contributed by atoms with Crippen molar-refractivity contribution < 1.29 is 9.90 Å². The second-order valence-corrected chi connectivity index (χ2v) is 10.3. The van der Waals surface area contributed by atoms with Gasteiger partial charge in [-0.1, -0.05) is 61.7 Å². The van der Waals surface area contributed by atoms with Crippen molar-refractivity contribution in [1.29, 1.82) is 0 Å². The number of aromatic hydroxyl groups is 1. The summed E-state index contributed by atoms with van der Waals surface area (Å²) in [4.78, 5) is 29.1. The van der Waals surface area contributed by atoms with E-state index in [4.69, 9.17) is 0 Å². The zero-order valence-electron chi connectivity index (χ0n) is 18.9. The van der Waals surface area contributed by atoms with Crippen molar-refractivity contribution in [2.75, 3.05) is 11.7 Å². The Bertz CT molecular complexity index is 1270. The highest BCUT2D eigenvalue weighted by molar-refractivity contribution is 7.98. The molecule has 7 heteroatoms. The third kappa shape index (κ3) is 3.41. The number of aromatic nitrogens is 1. The Morgan fingerprint density at radius 2 is 1.62 bits per heavy atom. The first kappa shape index (κ1) is 21.4. The van der Waals surface area contributed by atoms with E-state index in [1.54, 1.807) is 10.9 Å². The fourth-order valence-electron chi connectivity index (χ4n) is 5.65. The summed E-state index contributed by atoms with van der Waals surface area (Å²) in [6, 6.07) is 18.2. The van der Waals surface area contributed by atoms with Crippen molar-refractivity contribution >= 4 is 17.7 Å². The summed E-state index contributed by atoms with van der Waals surface area (Å²) < 4.78 is 1.71. The van der Waals surface area contributed by atoms with Crippen LogP contribution in [0.4, 0.5) is 0 Å². The molecule has 2 aliphatic heterocycles. The Labute approximate surface area is 202 Å². The fraction of sp³-hybridized carbons (Fsp3) is 0.333. The molecular formula is C27H27N3O3S. The Hall–Kier alpha value is -3.19. The molecule has 1 atom stereocenters. The summed E-state index contributed by atoms with van der Waals surface area (Å²) >= 11 is 1.82. The standard InChI is InChI=1S/C27H27N3O3S/c31-22-14-15-29-25(26(22)32)27(33)28(19-9-2-1-3-10-19)17-30(29)24-20-11-5-4-8-18(20)16-34-23-13-7-6-12-21(23)24/h4-8,11-15,19,24,32H,1-3,9-10,16-17H2/t24-/m0/s1. The number of carbonyl (C=O) groups is 1. The number of hydrogen-bond acceptors (Lipinski definition) is 5. The van der Waals surface area contributed by atoms with Gasteiger partial charge >= 0.3 is 0 Å². The van der Waals surface area contributed by atoms with E-state index in [0.29, 0.717) is 6.67 Å². The molecule has 0 unspecified atom stereocenters. The van der Waals surface area contributed by atoms with Crippen molar-refractivity contribution in [2.45, 2.75) is 54.8 Å². The van der Waals surface area contributed by atoms with Crippen molar-refractivity contribution in [3.63, 3.8) is 0 Å². The van der Waals surface area contributed by atoms with Gasteiger partial charge in [0.2, 0.25) is 5.43 Å². The van der Waals surface area contributed by atoms with Crippen LogP contribution in [-0.4, -0.2) is 33.3 Å². The first-order valence-electron chi connectivity index (χ1n) is 12.0. The Kier molecular flexibility index (Phi) is 5.37. The molecule has 6 nitrogen and oxygen atoms in total. The van der Waals surface area contributed by atoms with Gasteiger partial charge in [0.1, 0.15) is 6.67 Å². The van der Waals surface area contributed by atoms with Crippen LogP contribution in [0.3, 0.4) is 0 Å². The van der Waals surface area contributed by atoms with Gasteiger partial charge in [0.05, 0.1) is 6.04 Å². The summed E-state index contributed by atoms with van der Waals surface area (Å²) in [5.74, 6) is 0.135. The molecule has 2 aromatic carbocycles. The van der Waals surface area contributed by atoms with E-state index in [-0.39, 0.29) is 23.7 Å². The summed E-state index contributed by atoms with van der Waals surface area (Å²) in [5.41, 5.74) is 3.14. The van der Waals surface area contributed by atoms with Gasteiger partial charge < -0.3 is 10.0 Å². The quantitative estimate of drug-likeness (QED) is 0.588. The average Bonchev–Trinajstić information content (AvgIpc) is 3.04. The van der Waals surface area contributed by atoms with Crippen molar-refractivity contribution in [2.24, 2.45) is 0 Å². The second kappa shape index (κ2) is 8.55. The van der Waals surface area contributed by atoms with Crippen molar-refractivity contribution in [1.82, 2.24) is 9.58 Å². The minimum absolute atomic E-state index is 0.0659. The number of fused-ring (bicyclic) bond motifs is 3. The molecule has 0 spiro atoms. The molecule has 0 radical (unpaired) electrons. The number of hydrogen-bond donors (Lipinski definition) is 1. The van der Waals surface area contributed by atoms with Crippen LogP contribution in [0.1, 0.15) is 65.3 Å². The molecule has 1 saturated carbocycles. The van der Waals surface area contributed by atoms with E-state index in [9.17, 15) is 14.7 Å². The van der Waals surface area contributed by atoms with Crippen LogP contribution < -0.4 is 10.4 Å². The van der Waals surface area contributed by atoms with Gasteiger partial charge in [-0.15, -0.1) is 11.8 Å². The van der Waals surface area contributed by atoms with Crippen LogP contribution in [-0.2, 0) is 5.75 Å². The molecule has 1 fully saturated rings. The number of thioether (sulfide) groups is 1. The third-order valence-electron chi connectivity index (χ3n) is 7.35. The molecule has 174 valence electrons. The summed E-state index contributed by atoms with van der Waals surface area (Å²) in [7, 11) is 0. The van der Waals surface area contributed by atoms with Gasteiger partial charge in [-0.25, -0.2) is 0 Å². The summed E-state index contributed by atoms with van der Waals surface area (Å²) in [6.45, 7) is 0.400. The predicted molar refractivity (Wildman–Crippen MR) is 133 cm³/mol. The van der Waals surface area contributed by atoms with Crippen LogP contribution in [0, 0.1) is 0 Å². The van der Waals surface area contributed by atoms with E-state index in [0.717, 1.165) is 31.4 Å². The third-order valence-corrected chi connectivity index (χ3v) is 8.49. The van der Waals surface area contributed by atoms with Crippen LogP contribution >= 0.6 is 11.8 Å². The maximum Gasteiger partial charge on any atom is 0.278 e. The summed E-state index contributed by atoms with van der Waals surface area (Å²) in [5, 5.41) is 12.9. The minimum Gasteiger partial charge on any atom is -0.502 e. The molecule has 3 heterocycles. The summed E-state index contributed by atoms with van der Waals surface area (Å²) in [6.07, 6.45) is 6.90. The predicted octanol–water partition coefficient (Wildman–Crippen LogP) is 4.63. The average molecular weight is 474 g/mol. The van der Waals surface area contributed by atoms with Crippen LogP contribution in [0.5, 0.6) is 5.75 Å². The first-order chi connectivity index (χ1) is 16.6. The molecule has 1 N–H and O–H groups in total. The lowest BCUT2D eigenvalue weighted by molar-refractivity contribution is 0.0540. The van der Waals surface area contributed by atoms with Crippen LogP contribution in [0.15, 0.2) is 70.5 Å². The highest BCUT2D eigenvalue weighted by Crippen LogP contribution is 2.43. The van der Waals surface area contributed by atoms with Gasteiger partial charge in [0, 0.05) is 29.0 Å². The molecule has 0 saturated heterocycles. The lowest BCUT2D eigenvalue weighted by Crippen LogP contribution is -2.58. The van der Waals surface area contributed by atoms with E-state index in [1.807, 2.05) is 16.7 Å². The Morgan fingerprint density at radius 3 is 2.44 bits per heavy atom. The van der Waals surface area contributed by atoms with Gasteiger partial charge in [-0.05, 0) is 35.6 Å². The highest BCUT2D eigenvalue weighted by atomic mass is 32.2. The monoisotopic (exact) mass is 473 g/mol. The smallest absolute Gasteiger partial charge is 0.278 e. The zero-order valence-corrected chi connectivity index (χ0v) is 19.7. The first-order valence-corrected chi connectivity index (χ1v) is 12.9. The normalized spacial score (nSPS) is 20.4. The molecule has 1 aliphatic carbocycles. The largest absolute Gasteiger partial charge is 0.502 e. The molecular weight excluding hydrogens is 446 g/mol. The van der Waals surface area contributed by atoms with Gasteiger partial charge in [0.15, 0.2) is 11.4 Å². The molecule has 1 amide bonds. The van der Waals surface area contributed by atoms with E-state index < -0.39 is 11.2 Å². The highest BCUT2D eigenvalue weighted by Gasteiger charge is 2.40. The van der Waals surface area contributed by atoms with Crippen molar-refractivity contribution in [3.8, 4) is 5.75 Å². The minimum atomic E-state index is -0.526. The zero-order chi connectivity index (χ0) is 23.2. The number of rotatable bonds is 2. The Morgan fingerprint density at radius 1 is 0.882 bits per heavy atom. The number of carbonyl (C=O) groups excluding carboxylic acids is 1.